The topological polar surface area (TPSA) is 63.2 Å². The van der Waals surface area contributed by atoms with Crippen LogP contribution in [-0.2, 0) is 14.6 Å². The van der Waals surface area contributed by atoms with Crippen molar-refractivity contribution in [3.63, 3.8) is 0 Å². The van der Waals surface area contributed by atoms with E-state index in [-0.39, 0.29) is 11.7 Å². The molecular formula is C14H21NO3S. The smallest absolute Gasteiger partial charge is 0.239 e. The van der Waals surface area contributed by atoms with E-state index >= 15 is 0 Å². The Bertz CT molecular complexity index is 562. The summed E-state index contributed by atoms with van der Waals surface area (Å²) >= 11 is 0. The molecule has 19 heavy (non-hydrogen) atoms. The maximum Gasteiger partial charge on any atom is 0.239 e. The number of carbonyl (C=O) groups is 1. The van der Waals surface area contributed by atoms with Crippen LogP contribution < -0.4 is 5.32 Å². The van der Waals surface area contributed by atoms with Crippen LogP contribution in [-0.4, -0.2) is 25.8 Å². The average molecular weight is 283 g/mol. The molecule has 0 bridgehead atoms. The van der Waals surface area contributed by atoms with Gasteiger partial charge in [-0.2, -0.15) is 0 Å². The molecule has 0 aliphatic rings. The minimum Gasteiger partial charge on any atom is -0.325 e. The van der Waals surface area contributed by atoms with E-state index < -0.39 is 21.5 Å². The second kappa shape index (κ2) is 6.19. The van der Waals surface area contributed by atoms with Gasteiger partial charge in [-0.25, -0.2) is 8.42 Å². The van der Waals surface area contributed by atoms with Crippen LogP contribution >= 0.6 is 0 Å². The van der Waals surface area contributed by atoms with E-state index in [4.69, 9.17) is 0 Å². The second-order valence-electron chi connectivity index (χ2n) is 5.30. The van der Waals surface area contributed by atoms with Gasteiger partial charge in [-0.1, -0.05) is 19.9 Å². The molecule has 0 unspecified atom stereocenters. The molecule has 0 aliphatic carbocycles. The van der Waals surface area contributed by atoms with E-state index in [1.807, 2.05) is 39.8 Å². The van der Waals surface area contributed by atoms with Crippen molar-refractivity contribution < 1.29 is 13.2 Å². The summed E-state index contributed by atoms with van der Waals surface area (Å²) in [7, 11) is -3.33. The maximum absolute atomic E-state index is 11.7. The first-order valence-corrected chi connectivity index (χ1v) is 8.09. The number of sulfone groups is 1. The van der Waals surface area contributed by atoms with Gasteiger partial charge in [0.15, 0.2) is 9.84 Å². The third kappa shape index (κ3) is 5.42. The maximum atomic E-state index is 11.7. The number of rotatable bonds is 5. The molecule has 0 fully saturated rings. The Morgan fingerprint density at radius 2 is 1.84 bits per heavy atom. The standard InChI is InChI=1S/C14H21NO3S/c1-10(2)8-19(17,18)9-14(16)15-13-6-5-11(3)12(4)7-13/h5-7,10H,8-9H2,1-4H3,(H,15,16). The van der Waals surface area contributed by atoms with E-state index in [2.05, 4.69) is 5.32 Å². The number of aryl methyl sites for hydroxylation is 2. The van der Waals surface area contributed by atoms with Crippen molar-refractivity contribution in [3.05, 3.63) is 29.3 Å². The van der Waals surface area contributed by atoms with Crippen LogP contribution in [0.15, 0.2) is 18.2 Å². The van der Waals surface area contributed by atoms with Crippen molar-refractivity contribution in [2.24, 2.45) is 5.92 Å². The molecule has 1 amide bonds. The summed E-state index contributed by atoms with van der Waals surface area (Å²) < 4.78 is 23.4. The molecule has 1 aromatic rings. The van der Waals surface area contributed by atoms with Crippen molar-refractivity contribution in [2.75, 3.05) is 16.8 Å². The molecule has 0 saturated heterocycles. The van der Waals surface area contributed by atoms with Gasteiger partial charge in [-0.05, 0) is 43.0 Å². The molecule has 5 heteroatoms. The molecule has 1 rings (SSSR count). The normalized spacial score (nSPS) is 11.6. The van der Waals surface area contributed by atoms with Crippen molar-refractivity contribution in [3.8, 4) is 0 Å². The molecule has 0 aliphatic heterocycles. The van der Waals surface area contributed by atoms with Crippen LogP contribution in [0.3, 0.4) is 0 Å². The zero-order chi connectivity index (χ0) is 14.6. The Balaban J connectivity index is 2.68. The third-order valence-corrected chi connectivity index (χ3v) is 4.61. The Hall–Kier alpha value is -1.36. The molecule has 0 aromatic heterocycles. The van der Waals surface area contributed by atoms with Crippen LogP contribution in [0.25, 0.3) is 0 Å². The van der Waals surface area contributed by atoms with Gasteiger partial charge in [0.1, 0.15) is 5.75 Å². The van der Waals surface area contributed by atoms with E-state index in [1.165, 1.54) is 0 Å². The molecule has 4 nitrogen and oxygen atoms in total. The van der Waals surface area contributed by atoms with Crippen LogP contribution in [0.1, 0.15) is 25.0 Å². The number of anilines is 1. The minimum atomic E-state index is -3.33. The van der Waals surface area contributed by atoms with E-state index in [1.54, 1.807) is 6.07 Å². The summed E-state index contributed by atoms with van der Waals surface area (Å²) in [5, 5.41) is 2.62. The summed E-state index contributed by atoms with van der Waals surface area (Å²) in [5.74, 6) is -0.880. The Labute approximate surface area is 115 Å². The van der Waals surface area contributed by atoms with Gasteiger partial charge >= 0.3 is 0 Å². The zero-order valence-electron chi connectivity index (χ0n) is 11.9. The lowest BCUT2D eigenvalue weighted by Gasteiger charge is -2.09. The number of benzene rings is 1. The van der Waals surface area contributed by atoms with Crippen LogP contribution in [0.2, 0.25) is 0 Å². The van der Waals surface area contributed by atoms with Gasteiger partial charge < -0.3 is 5.32 Å². The lowest BCUT2D eigenvalue weighted by molar-refractivity contribution is -0.113. The Morgan fingerprint density at radius 1 is 1.21 bits per heavy atom. The molecule has 0 saturated carbocycles. The molecule has 0 atom stereocenters. The van der Waals surface area contributed by atoms with Crippen LogP contribution in [0.4, 0.5) is 5.69 Å². The molecule has 0 spiro atoms. The van der Waals surface area contributed by atoms with Gasteiger partial charge in [0.05, 0.1) is 5.75 Å². The molecular weight excluding hydrogens is 262 g/mol. The van der Waals surface area contributed by atoms with Gasteiger partial charge in [-0.15, -0.1) is 0 Å². The van der Waals surface area contributed by atoms with Crippen molar-refractivity contribution in [1.29, 1.82) is 0 Å². The monoisotopic (exact) mass is 283 g/mol. The summed E-state index contributed by atoms with van der Waals surface area (Å²) in [6.45, 7) is 7.56. The van der Waals surface area contributed by atoms with Gasteiger partial charge in [0.25, 0.3) is 0 Å². The summed E-state index contributed by atoms with van der Waals surface area (Å²) in [6.07, 6.45) is 0. The second-order valence-corrected chi connectivity index (χ2v) is 7.40. The molecule has 1 N–H and O–H groups in total. The largest absolute Gasteiger partial charge is 0.325 e. The number of hydrogen-bond donors (Lipinski definition) is 1. The summed E-state index contributed by atoms with van der Waals surface area (Å²) in [6, 6.07) is 5.51. The van der Waals surface area contributed by atoms with E-state index in [0.29, 0.717) is 5.69 Å². The number of nitrogens with one attached hydrogen (secondary N) is 1. The highest BCUT2D eigenvalue weighted by atomic mass is 32.2. The van der Waals surface area contributed by atoms with Gasteiger partial charge in [0, 0.05) is 5.69 Å². The van der Waals surface area contributed by atoms with E-state index in [9.17, 15) is 13.2 Å². The zero-order valence-corrected chi connectivity index (χ0v) is 12.7. The van der Waals surface area contributed by atoms with E-state index in [0.717, 1.165) is 11.1 Å². The van der Waals surface area contributed by atoms with Crippen LogP contribution in [0, 0.1) is 19.8 Å². The fourth-order valence-corrected chi connectivity index (χ4v) is 3.39. The lowest BCUT2D eigenvalue weighted by atomic mass is 10.1. The lowest BCUT2D eigenvalue weighted by Crippen LogP contribution is -2.26. The summed E-state index contributed by atoms with van der Waals surface area (Å²) in [4.78, 5) is 11.7. The number of amides is 1. The predicted octanol–water partition coefficient (Wildman–Crippen LogP) is 2.31. The molecule has 0 heterocycles. The molecule has 106 valence electrons. The SMILES string of the molecule is Cc1ccc(NC(=O)CS(=O)(=O)CC(C)C)cc1C. The average Bonchev–Trinajstić information content (AvgIpc) is 2.20. The minimum absolute atomic E-state index is 0.0272. The Morgan fingerprint density at radius 3 is 2.37 bits per heavy atom. The summed E-state index contributed by atoms with van der Waals surface area (Å²) in [5.41, 5.74) is 2.82. The molecule has 0 radical (unpaired) electrons. The Kier molecular flexibility index (Phi) is 5.11. The highest BCUT2D eigenvalue weighted by Gasteiger charge is 2.18. The van der Waals surface area contributed by atoms with Crippen molar-refractivity contribution >= 4 is 21.4 Å². The predicted molar refractivity (Wildman–Crippen MR) is 78.0 cm³/mol. The van der Waals surface area contributed by atoms with Crippen molar-refractivity contribution in [2.45, 2.75) is 27.7 Å². The van der Waals surface area contributed by atoms with Gasteiger partial charge in [0.2, 0.25) is 5.91 Å². The van der Waals surface area contributed by atoms with Gasteiger partial charge in [-0.3, -0.25) is 4.79 Å². The highest BCUT2D eigenvalue weighted by molar-refractivity contribution is 7.92. The first-order valence-electron chi connectivity index (χ1n) is 6.27. The molecule has 1 aromatic carbocycles. The first kappa shape index (κ1) is 15.7. The third-order valence-electron chi connectivity index (χ3n) is 2.73. The fourth-order valence-electron chi connectivity index (χ4n) is 1.78. The number of hydrogen-bond acceptors (Lipinski definition) is 3. The first-order chi connectivity index (χ1) is 8.69. The quantitative estimate of drug-likeness (QED) is 0.902. The number of carbonyl (C=O) groups excluding carboxylic acids is 1. The van der Waals surface area contributed by atoms with Crippen LogP contribution in [0.5, 0.6) is 0 Å². The fraction of sp³-hybridized carbons (Fsp3) is 0.500. The van der Waals surface area contributed by atoms with Crippen molar-refractivity contribution in [1.82, 2.24) is 0 Å². The highest BCUT2D eigenvalue weighted by Crippen LogP contribution is 2.14.